The molecule has 1 amide bonds. The molecule has 20 heavy (non-hydrogen) atoms. The number of nitrogens with zero attached hydrogens (tertiary/aromatic N) is 2. The van der Waals surface area contributed by atoms with Gasteiger partial charge in [-0.1, -0.05) is 29.8 Å². The van der Waals surface area contributed by atoms with E-state index in [4.69, 9.17) is 5.73 Å². The minimum atomic E-state index is -0.536. The maximum absolute atomic E-state index is 12.4. The number of hydrogen-bond donors (Lipinski definition) is 1. The van der Waals surface area contributed by atoms with E-state index >= 15 is 0 Å². The van der Waals surface area contributed by atoms with Gasteiger partial charge in [0, 0.05) is 19.1 Å². The minimum absolute atomic E-state index is 0.0473. The zero-order valence-corrected chi connectivity index (χ0v) is 12.7. The average molecular weight is 275 g/mol. The fraction of sp³-hybridized carbons (Fsp3) is 0.562. The van der Waals surface area contributed by atoms with Crippen molar-refractivity contribution >= 4 is 5.91 Å². The molecule has 4 nitrogen and oxygen atoms in total. The molecule has 0 radical (unpaired) electrons. The van der Waals surface area contributed by atoms with Crippen LogP contribution in [0.1, 0.15) is 30.0 Å². The fourth-order valence-electron chi connectivity index (χ4n) is 2.72. The van der Waals surface area contributed by atoms with Crippen LogP contribution in [0.2, 0.25) is 0 Å². The van der Waals surface area contributed by atoms with Crippen LogP contribution in [0.4, 0.5) is 0 Å². The number of hydrogen-bond acceptors (Lipinski definition) is 3. The Morgan fingerprint density at radius 2 is 1.80 bits per heavy atom. The summed E-state index contributed by atoms with van der Waals surface area (Å²) in [5.41, 5.74) is 8.19. The lowest BCUT2D eigenvalue weighted by molar-refractivity contribution is -0.134. The lowest BCUT2D eigenvalue weighted by Crippen LogP contribution is -2.47. The zero-order chi connectivity index (χ0) is 14.7. The number of carbonyl (C=O) groups is 1. The molecule has 0 spiro atoms. The van der Waals surface area contributed by atoms with E-state index < -0.39 is 6.04 Å². The van der Waals surface area contributed by atoms with E-state index in [0.29, 0.717) is 6.04 Å². The van der Waals surface area contributed by atoms with Crippen molar-refractivity contribution in [1.82, 2.24) is 9.80 Å². The normalized spacial score (nSPS) is 18.4. The highest BCUT2D eigenvalue weighted by atomic mass is 16.2. The Kier molecular flexibility index (Phi) is 4.78. The maximum atomic E-state index is 12.4. The zero-order valence-electron chi connectivity index (χ0n) is 12.7. The molecular formula is C16H25N3O. The predicted molar refractivity (Wildman–Crippen MR) is 81.4 cm³/mol. The van der Waals surface area contributed by atoms with E-state index in [1.807, 2.05) is 36.1 Å². The third kappa shape index (κ3) is 3.38. The summed E-state index contributed by atoms with van der Waals surface area (Å²) in [5, 5.41) is 0. The van der Waals surface area contributed by atoms with Crippen molar-refractivity contribution in [2.24, 2.45) is 5.73 Å². The molecule has 1 heterocycles. The Labute approximate surface area is 121 Å². The van der Waals surface area contributed by atoms with E-state index in [-0.39, 0.29) is 5.91 Å². The summed E-state index contributed by atoms with van der Waals surface area (Å²) in [4.78, 5) is 16.6. The fourth-order valence-corrected chi connectivity index (χ4v) is 2.72. The van der Waals surface area contributed by atoms with Gasteiger partial charge in [0.1, 0.15) is 6.04 Å². The van der Waals surface area contributed by atoms with Crippen LogP contribution in [-0.4, -0.2) is 48.9 Å². The monoisotopic (exact) mass is 275 g/mol. The molecule has 1 aromatic carbocycles. The molecule has 0 aromatic heterocycles. The first kappa shape index (κ1) is 15.0. The van der Waals surface area contributed by atoms with E-state index in [1.54, 1.807) is 0 Å². The summed E-state index contributed by atoms with van der Waals surface area (Å²) in [6.07, 6.45) is 2.05. The molecule has 1 unspecified atom stereocenters. The second kappa shape index (κ2) is 6.37. The van der Waals surface area contributed by atoms with Crippen molar-refractivity contribution in [1.29, 1.82) is 0 Å². The van der Waals surface area contributed by atoms with Crippen LogP contribution in [-0.2, 0) is 4.79 Å². The topological polar surface area (TPSA) is 49.6 Å². The van der Waals surface area contributed by atoms with Crippen molar-refractivity contribution in [3.8, 4) is 0 Å². The maximum Gasteiger partial charge on any atom is 0.244 e. The van der Waals surface area contributed by atoms with Gasteiger partial charge in [-0.3, -0.25) is 4.79 Å². The highest BCUT2D eigenvalue weighted by molar-refractivity contribution is 5.83. The first-order valence-corrected chi connectivity index (χ1v) is 7.26. The SMILES string of the molecule is Cc1ccc(C(N)C(=O)N2CCC(N(C)C)CC2)cc1. The molecule has 0 saturated carbocycles. The molecule has 1 aliphatic rings. The average Bonchev–Trinajstić information content (AvgIpc) is 2.46. The molecule has 4 heteroatoms. The second-order valence-electron chi connectivity index (χ2n) is 5.91. The predicted octanol–water partition coefficient (Wildman–Crippen LogP) is 1.55. The summed E-state index contributed by atoms with van der Waals surface area (Å²) in [6.45, 7) is 3.64. The van der Waals surface area contributed by atoms with Gasteiger partial charge in [-0.2, -0.15) is 0 Å². The van der Waals surface area contributed by atoms with Gasteiger partial charge in [0.05, 0.1) is 0 Å². The molecule has 1 atom stereocenters. The largest absolute Gasteiger partial charge is 0.341 e. The van der Waals surface area contributed by atoms with Gasteiger partial charge < -0.3 is 15.5 Å². The quantitative estimate of drug-likeness (QED) is 0.910. The van der Waals surface area contributed by atoms with Crippen LogP contribution in [0, 0.1) is 6.92 Å². The molecule has 1 aliphatic heterocycles. The minimum Gasteiger partial charge on any atom is -0.341 e. The first-order valence-electron chi connectivity index (χ1n) is 7.26. The number of likely N-dealkylation sites (tertiary alicyclic amines) is 1. The number of rotatable bonds is 3. The Balaban J connectivity index is 1.96. The van der Waals surface area contributed by atoms with Crippen LogP contribution in [0.25, 0.3) is 0 Å². The highest BCUT2D eigenvalue weighted by Crippen LogP contribution is 2.19. The van der Waals surface area contributed by atoms with E-state index in [0.717, 1.165) is 31.5 Å². The van der Waals surface area contributed by atoms with Crippen molar-refractivity contribution in [3.63, 3.8) is 0 Å². The van der Waals surface area contributed by atoms with E-state index in [1.165, 1.54) is 5.56 Å². The Morgan fingerprint density at radius 1 is 1.25 bits per heavy atom. The summed E-state index contributed by atoms with van der Waals surface area (Å²) in [5.74, 6) is 0.0473. The van der Waals surface area contributed by atoms with E-state index in [9.17, 15) is 4.79 Å². The molecule has 0 bridgehead atoms. The number of nitrogens with two attached hydrogens (primary N) is 1. The van der Waals surface area contributed by atoms with Crippen molar-refractivity contribution in [3.05, 3.63) is 35.4 Å². The summed E-state index contributed by atoms with van der Waals surface area (Å²) in [6, 6.07) is 7.94. The lowest BCUT2D eigenvalue weighted by atomic mass is 10.0. The van der Waals surface area contributed by atoms with Crippen LogP contribution < -0.4 is 5.73 Å². The van der Waals surface area contributed by atoms with Gasteiger partial charge >= 0.3 is 0 Å². The molecular weight excluding hydrogens is 250 g/mol. The van der Waals surface area contributed by atoms with Gasteiger partial charge in [-0.05, 0) is 39.4 Å². The molecule has 1 fully saturated rings. The molecule has 2 rings (SSSR count). The molecule has 110 valence electrons. The number of carbonyl (C=O) groups excluding carboxylic acids is 1. The van der Waals surface area contributed by atoms with Gasteiger partial charge in [-0.15, -0.1) is 0 Å². The molecule has 1 aromatic rings. The summed E-state index contributed by atoms with van der Waals surface area (Å²) >= 11 is 0. The molecule has 1 saturated heterocycles. The highest BCUT2D eigenvalue weighted by Gasteiger charge is 2.27. The van der Waals surface area contributed by atoms with Crippen molar-refractivity contribution in [2.45, 2.75) is 31.8 Å². The molecule has 2 N–H and O–H groups in total. The standard InChI is InChI=1S/C16H25N3O/c1-12-4-6-13(7-5-12)15(17)16(20)19-10-8-14(9-11-19)18(2)3/h4-7,14-15H,8-11,17H2,1-3H3. The van der Waals surface area contributed by atoms with Crippen molar-refractivity contribution < 1.29 is 4.79 Å². The third-order valence-corrected chi connectivity index (χ3v) is 4.21. The van der Waals surface area contributed by atoms with Gasteiger partial charge in [0.15, 0.2) is 0 Å². The van der Waals surface area contributed by atoms with Crippen LogP contribution in [0.15, 0.2) is 24.3 Å². The summed E-state index contributed by atoms with van der Waals surface area (Å²) in [7, 11) is 4.19. The number of aryl methyl sites for hydroxylation is 1. The van der Waals surface area contributed by atoms with Crippen LogP contribution in [0.5, 0.6) is 0 Å². The third-order valence-electron chi connectivity index (χ3n) is 4.21. The number of piperidine rings is 1. The molecule has 0 aliphatic carbocycles. The van der Waals surface area contributed by atoms with E-state index in [2.05, 4.69) is 19.0 Å². The van der Waals surface area contributed by atoms with Crippen molar-refractivity contribution in [2.75, 3.05) is 27.2 Å². The Hall–Kier alpha value is -1.39. The summed E-state index contributed by atoms with van der Waals surface area (Å²) < 4.78 is 0. The van der Waals surface area contributed by atoms with Gasteiger partial charge in [0.2, 0.25) is 5.91 Å². The number of benzene rings is 1. The van der Waals surface area contributed by atoms with Gasteiger partial charge in [0.25, 0.3) is 0 Å². The number of amides is 1. The smallest absolute Gasteiger partial charge is 0.244 e. The Bertz CT molecular complexity index is 447. The Morgan fingerprint density at radius 3 is 2.30 bits per heavy atom. The van der Waals surface area contributed by atoms with Gasteiger partial charge in [-0.25, -0.2) is 0 Å². The van der Waals surface area contributed by atoms with Crippen LogP contribution >= 0.6 is 0 Å². The second-order valence-corrected chi connectivity index (χ2v) is 5.91. The first-order chi connectivity index (χ1) is 9.49. The lowest BCUT2D eigenvalue weighted by Gasteiger charge is -2.36. The van der Waals surface area contributed by atoms with Crippen LogP contribution in [0.3, 0.4) is 0 Å².